The van der Waals surface area contributed by atoms with Gasteiger partial charge in [-0.1, -0.05) is 11.6 Å². The molecule has 2 fully saturated rings. The average Bonchev–Trinajstić information content (AvgIpc) is 3.45. The minimum absolute atomic E-state index is 0.0953. The van der Waals surface area contributed by atoms with Gasteiger partial charge in [0, 0.05) is 36.0 Å². The molecule has 0 radical (unpaired) electrons. The van der Waals surface area contributed by atoms with Crippen molar-refractivity contribution in [2.45, 2.75) is 74.9 Å². The summed E-state index contributed by atoms with van der Waals surface area (Å²) in [4.78, 5) is 24.8. The summed E-state index contributed by atoms with van der Waals surface area (Å²) in [6.45, 7) is 0.543. The molecule has 2 heterocycles. The molecule has 12 heteroatoms. The maximum Gasteiger partial charge on any atom is 0.522 e. The minimum atomic E-state index is -4.66. The van der Waals surface area contributed by atoms with Crippen LogP contribution in [0.2, 0.25) is 5.02 Å². The molecule has 33 heavy (non-hydrogen) atoms. The molecule has 3 atom stereocenters. The van der Waals surface area contributed by atoms with Crippen molar-refractivity contribution in [3.8, 4) is 5.75 Å². The molecule has 1 aromatic carbocycles. The summed E-state index contributed by atoms with van der Waals surface area (Å²) < 4.78 is 46.1. The van der Waals surface area contributed by atoms with Crippen LogP contribution in [-0.2, 0) is 14.3 Å². The topological polar surface area (TPSA) is 119 Å². The van der Waals surface area contributed by atoms with Crippen LogP contribution >= 0.6 is 11.6 Å². The van der Waals surface area contributed by atoms with Crippen LogP contribution in [-0.4, -0.2) is 53.7 Å². The van der Waals surface area contributed by atoms with Gasteiger partial charge >= 0.3 is 6.36 Å². The lowest BCUT2D eigenvalue weighted by Crippen LogP contribution is -2.49. The van der Waals surface area contributed by atoms with Gasteiger partial charge in [0.2, 0.25) is 5.91 Å². The fourth-order valence-electron chi connectivity index (χ4n) is 4.15. The number of alkyl halides is 3. The van der Waals surface area contributed by atoms with Crippen molar-refractivity contribution in [3.05, 3.63) is 28.8 Å². The van der Waals surface area contributed by atoms with Crippen molar-refractivity contribution in [1.29, 1.82) is 0 Å². The zero-order valence-electron chi connectivity index (χ0n) is 17.6. The number of benzene rings is 1. The summed E-state index contributed by atoms with van der Waals surface area (Å²) in [6, 6.07) is 4.53. The molecule has 4 rings (SSSR count). The van der Waals surface area contributed by atoms with Crippen molar-refractivity contribution >= 4 is 23.4 Å². The third-order valence-corrected chi connectivity index (χ3v) is 6.30. The van der Waals surface area contributed by atoms with Crippen molar-refractivity contribution in [3.63, 3.8) is 0 Å². The monoisotopic (exact) mass is 491 g/mol. The van der Waals surface area contributed by atoms with Crippen LogP contribution in [0.25, 0.3) is 0 Å². The molecule has 1 aromatic rings. The van der Waals surface area contributed by atoms with E-state index >= 15 is 0 Å². The summed E-state index contributed by atoms with van der Waals surface area (Å²) in [5.41, 5.74) is -0.0896. The van der Waals surface area contributed by atoms with E-state index in [-0.39, 0.29) is 43.5 Å². The number of halogens is 4. The fraction of sp³-hybridized carbons (Fsp3) is 0.619. The molecule has 0 bridgehead atoms. The predicted molar refractivity (Wildman–Crippen MR) is 110 cm³/mol. The van der Waals surface area contributed by atoms with Gasteiger partial charge in [-0.3, -0.25) is 19.6 Å². The standard InChI is InChI=1S/C21H25ClF3N3O5/c22-11-3-4-16-14(6-11)15(29)9-17(32-16)19(31)28-20(10-26-20)5-1-2-18(30)27-12-7-13(8-12)33-21(23,24)25/h3-4,6,12-13,15,17,26,29H,1-2,5,7-10H2,(H,27,30)(H,28,31). The van der Waals surface area contributed by atoms with E-state index in [0.29, 0.717) is 35.7 Å². The SMILES string of the molecule is O=C(CCCC1(NC(=O)C2CC(O)c3cc(Cl)ccc3O2)CN1)NC1CC(OC(F)(F)F)C1. The first kappa shape index (κ1) is 24.1. The number of hydrogen-bond donors (Lipinski definition) is 4. The van der Waals surface area contributed by atoms with Gasteiger partial charge < -0.3 is 20.5 Å². The van der Waals surface area contributed by atoms with Gasteiger partial charge in [-0.15, -0.1) is 13.2 Å². The Morgan fingerprint density at radius 2 is 2.03 bits per heavy atom. The Labute approximate surface area is 193 Å². The maximum atomic E-state index is 12.7. The van der Waals surface area contributed by atoms with Gasteiger partial charge in [0.1, 0.15) is 11.4 Å². The van der Waals surface area contributed by atoms with Gasteiger partial charge in [0.15, 0.2) is 6.10 Å². The molecule has 0 spiro atoms. The molecule has 182 valence electrons. The Hall–Kier alpha value is -2.08. The van der Waals surface area contributed by atoms with E-state index in [1.165, 1.54) is 0 Å². The predicted octanol–water partition coefficient (Wildman–Crippen LogP) is 2.29. The first-order chi connectivity index (χ1) is 15.5. The molecule has 8 nitrogen and oxygen atoms in total. The fourth-order valence-corrected chi connectivity index (χ4v) is 4.33. The molecule has 4 N–H and O–H groups in total. The number of ether oxygens (including phenoxy) is 2. The molecule has 1 aliphatic carbocycles. The number of fused-ring (bicyclic) bond motifs is 1. The van der Waals surface area contributed by atoms with E-state index in [9.17, 15) is 27.9 Å². The van der Waals surface area contributed by atoms with E-state index < -0.39 is 30.3 Å². The second-order valence-corrected chi connectivity index (χ2v) is 9.18. The average molecular weight is 492 g/mol. The van der Waals surface area contributed by atoms with E-state index in [1.807, 2.05) is 0 Å². The third kappa shape index (κ3) is 6.28. The van der Waals surface area contributed by atoms with Crippen molar-refractivity contribution in [2.24, 2.45) is 0 Å². The molecule has 3 unspecified atom stereocenters. The molecule has 2 amide bonds. The smallest absolute Gasteiger partial charge is 0.480 e. The van der Waals surface area contributed by atoms with E-state index in [1.54, 1.807) is 18.2 Å². The number of rotatable bonds is 8. The van der Waals surface area contributed by atoms with Gasteiger partial charge in [0.25, 0.3) is 5.91 Å². The summed E-state index contributed by atoms with van der Waals surface area (Å²) >= 11 is 5.95. The molecule has 2 aliphatic heterocycles. The van der Waals surface area contributed by atoms with Crippen LogP contribution in [0.4, 0.5) is 13.2 Å². The highest BCUT2D eigenvalue weighted by Crippen LogP contribution is 2.37. The lowest BCUT2D eigenvalue weighted by Gasteiger charge is -2.35. The Balaban J connectivity index is 1.17. The van der Waals surface area contributed by atoms with Gasteiger partial charge in [0.05, 0.1) is 12.2 Å². The second kappa shape index (κ2) is 9.28. The molecule has 3 aliphatic rings. The summed E-state index contributed by atoms with van der Waals surface area (Å²) in [6.07, 6.45) is -5.77. The highest BCUT2D eigenvalue weighted by Gasteiger charge is 2.45. The zero-order chi connectivity index (χ0) is 23.8. The van der Waals surface area contributed by atoms with E-state index in [2.05, 4.69) is 20.7 Å². The number of amides is 2. The number of hydrogen-bond acceptors (Lipinski definition) is 6. The first-order valence-corrected chi connectivity index (χ1v) is 11.1. The van der Waals surface area contributed by atoms with Gasteiger partial charge in [-0.2, -0.15) is 0 Å². The third-order valence-electron chi connectivity index (χ3n) is 6.06. The molecule has 1 saturated carbocycles. The van der Waals surface area contributed by atoms with Crippen LogP contribution in [0.3, 0.4) is 0 Å². The largest absolute Gasteiger partial charge is 0.522 e. The number of nitrogens with one attached hydrogen (secondary N) is 3. The Morgan fingerprint density at radius 1 is 1.30 bits per heavy atom. The van der Waals surface area contributed by atoms with Crippen molar-refractivity contribution in [2.75, 3.05) is 6.54 Å². The normalized spacial score (nSPS) is 30.5. The Kier molecular flexibility index (Phi) is 6.77. The van der Waals surface area contributed by atoms with Crippen LogP contribution in [0.15, 0.2) is 18.2 Å². The molecule has 0 aromatic heterocycles. The number of carbonyl (C=O) groups excluding carboxylic acids is 2. The highest BCUT2D eigenvalue weighted by atomic mass is 35.5. The Bertz CT molecular complexity index is 906. The number of aliphatic hydroxyl groups is 1. The van der Waals surface area contributed by atoms with E-state index in [4.69, 9.17) is 16.3 Å². The minimum Gasteiger partial charge on any atom is -0.480 e. The molecular weight excluding hydrogens is 467 g/mol. The maximum absolute atomic E-state index is 12.7. The van der Waals surface area contributed by atoms with Gasteiger partial charge in [-0.05, 0) is 43.9 Å². The van der Waals surface area contributed by atoms with Crippen LogP contribution in [0.1, 0.15) is 50.2 Å². The molecule has 1 saturated heterocycles. The van der Waals surface area contributed by atoms with Crippen LogP contribution in [0.5, 0.6) is 5.75 Å². The second-order valence-electron chi connectivity index (χ2n) is 8.74. The summed E-state index contributed by atoms with van der Waals surface area (Å²) in [7, 11) is 0. The Morgan fingerprint density at radius 3 is 2.70 bits per heavy atom. The quantitative estimate of drug-likeness (QED) is 0.414. The van der Waals surface area contributed by atoms with E-state index in [0.717, 1.165) is 0 Å². The summed E-state index contributed by atoms with van der Waals surface area (Å²) in [5.74, 6) is -0.206. The lowest BCUT2D eigenvalue weighted by molar-refractivity contribution is -0.351. The first-order valence-electron chi connectivity index (χ1n) is 10.8. The lowest BCUT2D eigenvalue weighted by atomic mass is 9.89. The zero-order valence-corrected chi connectivity index (χ0v) is 18.3. The van der Waals surface area contributed by atoms with Crippen molar-refractivity contribution in [1.82, 2.24) is 16.0 Å². The van der Waals surface area contributed by atoms with Gasteiger partial charge in [-0.25, -0.2) is 0 Å². The number of carbonyl (C=O) groups is 2. The highest BCUT2D eigenvalue weighted by molar-refractivity contribution is 6.30. The molecular formula is C21H25ClF3N3O5. The van der Waals surface area contributed by atoms with Crippen LogP contribution in [0, 0.1) is 0 Å². The van der Waals surface area contributed by atoms with Crippen molar-refractivity contribution < 1.29 is 37.3 Å². The number of aliphatic hydroxyl groups excluding tert-OH is 1. The van der Waals surface area contributed by atoms with Crippen LogP contribution < -0.4 is 20.7 Å². The summed E-state index contributed by atoms with van der Waals surface area (Å²) in [5, 5.41) is 19.5.